The number of para-hydroxylation sites is 1. The van der Waals surface area contributed by atoms with Gasteiger partial charge in [-0.1, -0.05) is 37.5 Å². The Morgan fingerprint density at radius 3 is 2.82 bits per heavy atom. The van der Waals surface area contributed by atoms with Crippen molar-refractivity contribution >= 4 is 10.9 Å². The minimum Gasteiger partial charge on any atom is -0.346 e. The van der Waals surface area contributed by atoms with Gasteiger partial charge in [-0.3, -0.25) is 9.69 Å². The lowest BCUT2D eigenvalue weighted by Gasteiger charge is -2.29. The van der Waals surface area contributed by atoms with Gasteiger partial charge in [-0.05, 0) is 30.4 Å². The number of hydrogen-bond donors (Lipinski definition) is 1. The second kappa shape index (κ2) is 7.21. The third-order valence-electron chi connectivity index (χ3n) is 6.59. The van der Waals surface area contributed by atoms with E-state index in [1.54, 1.807) is 0 Å². The molecule has 0 saturated heterocycles. The van der Waals surface area contributed by atoms with Crippen molar-refractivity contribution in [3.05, 3.63) is 63.5 Å². The summed E-state index contributed by atoms with van der Waals surface area (Å²) in [5.74, 6) is 1.38. The molecule has 0 unspecified atom stereocenters. The molecule has 3 aromatic rings. The molecule has 0 radical (unpaired) electrons. The Bertz CT molecular complexity index is 1060. The molecule has 1 fully saturated rings. The summed E-state index contributed by atoms with van der Waals surface area (Å²) >= 11 is 0. The Hall–Kier alpha value is -2.40. The maximum Gasteiger partial charge on any atom is 0.255 e. The summed E-state index contributed by atoms with van der Waals surface area (Å²) < 4.78 is 2.26. The fraction of sp³-hybridized carbons (Fsp3) is 0.478. The van der Waals surface area contributed by atoms with E-state index in [0.717, 1.165) is 49.4 Å². The summed E-state index contributed by atoms with van der Waals surface area (Å²) in [7, 11) is 2.13. The molecule has 5 nitrogen and oxygen atoms in total. The van der Waals surface area contributed by atoms with Gasteiger partial charge in [0.2, 0.25) is 0 Å². The monoisotopic (exact) mass is 376 g/mol. The Morgan fingerprint density at radius 2 is 2.00 bits per heavy atom. The Labute approximate surface area is 165 Å². The lowest BCUT2D eigenvalue weighted by atomic mass is 9.88. The lowest BCUT2D eigenvalue weighted by Crippen LogP contribution is -2.36. The highest BCUT2D eigenvalue weighted by Gasteiger charge is 2.25. The summed E-state index contributed by atoms with van der Waals surface area (Å²) in [6.45, 7) is 2.49. The summed E-state index contributed by atoms with van der Waals surface area (Å²) in [4.78, 5) is 23.2. The van der Waals surface area contributed by atoms with Crippen LogP contribution in [-0.4, -0.2) is 26.0 Å². The first kappa shape index (κ1) is 17.7. The number of H-pyrrole nitrogens is 1. The molecule has 1 aliphatic carbocycles. The second-order valence-corrected chi connectivity index (χ2v) is 8.43. The van der Waals surface area contributed by atoms with E-state index in [2.05, 4.69) is 51.8 Å². The van der Waals surface area contributed by atoms with Gasteiger partial charge in [-0.25, -0.2) is 4.98 Å². The van der Waals surface area contributed by atoms with Gasteiger partial charge >= 0.3 is 0 Å². The predicted molar refractivity (Wildman–Crippen MR) is 111 cm³/mol. The largest absolute Gasteiger partial charge is 0.346 e. The summed E-state index contributed by atoms with van der Waals surface area (Å²) in [6, 6.07) is 10.7. The summed E-state index contributed by atoms with van der Waals surface area (Å²) in [5.41, 5.74) is 4.51. The van der Waals surface area contributed by atoms with Crippen molar-refractivity contribution in [1.29, 1.82) is 0 Å². The van der Waals surface area contributed by atoms with E-state index >= 15 is 0 Å². The number of aromatic amines is 1. The highest BCUT2D eigenvalue weighted by atomic mass is 16.1. The SMILES string of the molecule is Cn1c(CN2CCc3nc(C4CCCCC4)[nH]c(=O)c3C2)cc2ccccc21. The van der Waals surface area contributed by atoms with E-state index in [1.165, 1.54) is 35.9 Å². The first-order valence-corrected chi connectivity index (χ1v) is 10.6. The van der Waals surface area contributed by atoms with Crippen LogP contribution in [0.3, 0.4) is 0 Å². The third-order valence-corrected chi connectivity index (χ3v) is 6.59. The van der Waals surface area contributed by atoms with Crippen molar-refractivity contribution in [3.63, 3.8) is 0 Å². The topological polar surface area (TPSA) is 53.9 Å². The molecule has 2 aliphatic rings. The zero-order chi connectivity index (χ0) is 19.1. The van der Waals surface area contributed by atoms with Crippen LogP contribution in [0.4, 0.5) is 0 Å². The number of hydrogen-bond acceptors (Lipinski definition) is 3. The molecule has 0 atom stereocenters. The normalized spacial score (nSPS) is 18.5. The molecule has 5 rings (SSSR count). The maximum absolute atomic E-state index is 12.8. The molecular formula is C23H28N4O. The van der Waals surface area contributed by atoms with E-state index in [9.17, 15) is 4.79 Å². The summed E-state index contributed by atoms with van der Waals surface area (Å²) in [6.07, 6.45) is 7.01. The fourth-order valence-electron chi connectivity index (χ4n) is 4.93. The van der Waals surface area contributed by atoms with Crippen molar-refractivity contribution < 1.29 is 0 Å². The van der Waals surface area contributed by atoms with Crippen LogP contribution in [-0.2, 0) is 26.6 Å². The first-order valence-electron chi connectivity index (χ1n) is 10.6. The predicted octanol–water partition coefficient (Wildman–Crippen LogP) is 3.87. The van der Waals surface area contributed by atoms with E-state index < -0.39 is 0 Å². The number of nitrogens with one attached hydrogen (secondary N) is 1. The molecule has 2 aromatic heterocycles. The first-order chi connectivity index (χ1) is 13.7. The zero-order valence-electron chi connectivity index (χ0n) is 16.6. The van der Waals surface area contributed by atoms with Gasteiger partial charge in [0, 0.05) is 50.2 Å². The molecule has 0 spiro atoms. The van der Waals surface area contributed by atoms with Crippen LogP contribution in [0, 0.1) is 0 Å². The smallest absolute Gasteiger partial charge is 0.255 e. The quantitative estimate of drug-likeness (QED) is 0.755. The molecule has 0 amide bonds. The number of aromatic nitrogens is 3. The molecule has 3 heterocycles. The number of nitrogens with zero attached hydrogens (tertiary/aromatic N) is 3. The van der Waals surface area contributed by atoms with Crippen molar-refractivity contribution in [1.82, 2.24) is 19.4 Å². The van der Waals surface area contributed by atoms with Crippen molar-refractivity contribution in [3.8, 4) is 0 Å². The molecular weight excluding hydrogens is 348 g/mol. The zero-order valence-corrected chi connectivity index (χ0v) is 16.6. The molecule has 1 aliphatic heterocycles. The molecule has 5 heteroatoms. The van der Waals surface area contributed by atoms with Crippen molar-refractivity contribution in [2.24, 2.45) is 7.05 Å². The van der Waals surface area contributed by atoms with Crippen molar-refractivity contribution in [2.75, 3.05) is 6.54 Å². The number of benzene rings is 1. The minimum absolute atomic E-state index is 0.0762. The van der Waals surface area contributed by atoms with E-state index in [4.69, 9.17) is 4.98 Å². The van der Waals surface area contributed by atoms with Crippen LogP contribution in [0.5, 0.6) is 0 Å². The van der Waals surface area contributed by atoms with Gasteiger partial charge in [0.1, 0.15) is 5.82 Å². The van der Waals surface area contributed by atoms with Gasteiger partial charge in [-0.2, -0.15) is 0 Å². The summed E-state index contributed by atoms with van der Waals surface area (Å²) in [5, 5.41) is 1.27. The lowest BCUT2D eigenvalue weighted by molar-refractivity contribution is 0.236. The van der Waals surface area contributed by atoms with Crippen LogP contribution in [0.25, 0.3) is 10.9 Å². The molecule has 1 N–H and O–H groups in total. The van der Waals surface area contributed by atoms with Crippen molar-refractivity contribution in [2.45, 2.75) is 57.5 Å². The van der Waals surface area contributed by atoms with E-state index in [0.29, 0.717) is 12.5 Å². The number of rotatable bonds is 3. The molecule has 0 bridgehead atoms. The second-order valence-electron chi connectivity index (χ2n) is 8.43. The average molecular weight is 377 g/mol. The van der Waals surface area contributed by atoms with Crippen LogP contribution in [0.1, 0.15) is 60.8 Å². The molecule has 1 aromatic carbocycles. The molecule has 1 saturated carbocycles. The van der Waals surface area contributed by atoms with Gasteiger partial charge in [-0.15, -0.1) is 0 Å². The molecule has 28 heavy (non-hydrogen) atoms. The number of aryl methyl sites for hydroxylation is 1. The number of fused-ring (bicyclic) bond motifs is 2. The van der Waals surface area contributed by atoms with E-state index in [1.807, 2.05) is 0 Å². The molecule has 146 valence electrons. The maximum atomic E-state index is 12.8. The van der Waals surface area contributed by atoms with E-state index in [-0.39, 0.29) is 5.56 Å². The van der Waals surface area contributed by atoms with Crippen LogP contribution < -0.4 is 5.56 Å². The van der Waals surface area contributed by atoms with Gasteiger partial charge in [0.15, 0.2) is 0 Å². The standard InChI is InChI=1S/C23H28N4O/c1-26-18(13-17-9-5-6-10-21(17)26)14-27-12-11-20-19(15-27)23(28)25-22(24-20)16-7-3-2-4-8-16/h5-6,9-10,13,16H,2-4,7-8,11-12,14-15H2,1H3,(H,24,25,28). The third kappa shape index (κ3) is 3.18. The minimum atomic E-state index is 0.0762. The van der Waals surface area contributed by atoms with Crippen LogP contribution in [0.15, 0.2) is 35.1 Å². The van der Waals surface area contributed by atoms with Crippen LogP contribution in [0.2, 0.25) is 0 Å². The highest BCUT2D eigenvalue weighted by Crippen LogP contribution is 2.31. The van der Waals surface area contributed by atoms with Crippen LogP contribution >= 0.6 is 0 Å². The highest BCUT2D eigenvalue weighted by molar-refractivity contribution is 5.81. The Morgan fingerprint density at radius 1 is 1.18 bits per heavy atom. The van der Waals surface area contributed by atoms with Gasteiger partial charge in [0.05, 0.1) is 11.3 Å². The van der Waals surface area contributed by atoms with Gasteiger partial charge < -0.3 is 9.55 Å². The average Bonchev–Trinajstić information content (AvgIpc) is 3.04. The fourth-order valence-corrected chi connectivity index (χ4v) is 4.93. The van der Waals surface area contributed by atoms with Gasteiger partial charge in [0.25, 0.3) is 5.56 Å². The Kier molecular flexibility index (Phi) is 4.55. The Balaban J connectivity index is 1.37.